The number of amides is 1. The van der Waals surface area contributed by atoms with Crippen molar-refractivity contribution in [3.63, 3.8) is 0 Å². The number of carbonyl (C=O) groups is 1. The third-order valence-electron chi connectivity index (χ3n) is 3.93. The number of hydrogen-bond donors (Lipinski definition) is 0. The largest absolute Gasteiger partial charge is 0.496 e. The molecule has 0 N–H and O–H groups in total. The summed E-state index contributed by atoms with van der Waals surface area (Å²) in [7, 11) is 1.62. The molecule has 1 heterocycles. The second-order valence-corrected chi connectivity index (χ2v) is 6.51. The fourth-order valence-electron chi connectivity index (χ4n) is 2.50. The number of rotatable bonds is 5. The molecule has 1 aliphatic rings. The molecule has 3 rings (SSSR count). The first-order chi connectivity index (χ1) is 12.2. The van der Waals surface area contributed by atoms with E-state index in [1.165, 1.54) is 11.8 Å². The van der Waals surface area contributed by atoms with E-state index in [1.54, 1.807) is 18.2 Å². The van der Waals surface area contributed by atoms with Gasteiger partial charge in [0.25, 0.3) is 0 Å². The van der Waals surface area contributed by atoms with Crippen LogP contribution < -0.4 is 4.74 Å². The number of benzene rings is 2. The van der Waals surface area contributed by atoms with Crippen molar-refractivity contribution in [1.29, 1.82) is 0 Å². The van der Waals surface area contributed by atoms with Crippen LogP contribution in [0.4, 0.5) is 0 Å². The molecule has 0 aliphatic carbocycles. The third kappa shape index (κ3) is 4.09. The Labute approximate surface area is 151 Å². The van der Waals surface area contributed by atoms with Crippen molar-refractivity contribution in [2.24, 2.45) is 10.2 Å². The Morgan fingerprint density at radius 3 is 2.76 bits per heavy atom. The van der Waals surface area contributed by atoms with Crippen LogP contribution in [0.5, 0.6) is 5.75 Å². The fourth-order valence-corrected chi connectivity index (χ4v) is 3.33. The Balaban J connectivity index is 1.78. The molecule has 1 aliphatic heterocycles. The molecule has 0 saturated carbocycles. The number of amidine groups is 1. The average molecular weight is 353 g/mol. The maximum atomic E-state index is 12.2. The van der Waals surface area contributed by atoms with Gasteiger partial charge in [0.1, 0.15) is 5.75 Å². The van der Waals surface area contributed by atoms with Crippen LogP contribution in [0.1, 0.15) is 16.7 Å². The van der Waals surface area contributed by atoms with Gasteiger partial charge < -0.3 is 4.74 Å². The molecule has 6 heteroatoms. The van der Waals surface area contributed by atoms with Crippen LogP contribution in [0, 0.1) is 6.92 Å². The molecule has 1 fully saturated rings. The van der Waals surface area contributed by atoms with Crippen molar-refractivity contribution in [1.82, 2.24) is 4.90 Å². The Hall–Kier alpha value is -2.60. The van der Waals surface area contributed by atoms with Crippen LogP contribution in [-0.2, 0) is 11.3 Å². The zero-order valence-electron chi connectivity index (χ0n) is 14.2. The van der Waals surface area contributed by atoms with Crippen LogP contribution in [0.2, 0.25) is 0 Å². The highest BCUT2D eigenvalue weighted by Crippen LogP contribution is 2.23. The second-order valence-electron chi connectivity index (χ2n) is 5.56. The number of nitrogens with zero attached hydrogens (tertiary/aromatic N) is 3. The van der Waals surface area contributed by atoms with E-state index in [-0.39, 0.29) is 5.91 Å². The quantitative estimate of drug-likeness (QED) is 0.611. The summed E-state index contributed by atoms with van der Waals surface area (Å²) in [5.74, 6) is 1.19. The highest BCUT2D eigenvalue weighted by Gasteiger charge is 2.28. The topological polar surface area (TPSA) is 54.3 Å². The maximum absolute atomic E-state index is 12.2. The molecule has 0 radical (unpaired) electrons. The van der Waals surface area contributed by atoms with Gasteiger partial charge in [0, 0.05) is 5.56 Å². The average Bonchev–Trinajstić information content (AvgIpc) is 2.97. The van der Waals surface area contributed by atoms with Gasteiger partial charge in [-0.3, -0.25) is 9.69 Å². The first kappa shape index (κ1) is 17.2. The molecule has 0 atom stereocenters. The highest BCUT2D eigenvalue weighted by atomic mass is 32.2. The van der Waals surface area contributed by atoms with Crippen LogP contribution in [-0.4, -0.2) is 35.1 Å². The lowest BCUT2D eigenvalue weighted by Gasteiger charge is -2.16. The maximum Gasteiger partial charge on any atom is 0.239 e. The van der Waals surface area contributed by atoms with Gasteiger partial charge in [-0.15, -0.1) is 5.10 Å². The van der Waals surface area contributed by atoms with Gasteiger partial charge >= 0.3 is 0 Å². The van der Waals surface area contributed by atoms with Crippen molar-refractivity contribution in [3.8, 4) is 5.75 Å². The molecular formula is C19H19N3O2S. The minimum Gasteiger partial charge on any atom is -0.496 e. The molecule has 2 aromatic rings. The van der Waals surface area contributed by atoms with E-state index in [0.29, 0.717) is 17.5 Å². The summed E-state index contributed by atoms with van der Waals surface area (Å²) >= 11 is 1.41. The van der Waals surface area contributed by atoms with Crippen LogP contribution in [0.15, 0.2) is 58.7 Å². The van der Waals surface area contributed by atoms with Crippen molar-refractivity contribution < 1.29 is 9.53 Å². The van der Waals surface area contributed by atoms with Gasteiger partial charge in [-0.2, -0.15) is 5.10 Å². The second kappa shape index (κ2) is 7.98. The number of thioether (sulfide) groups is 1. The fraction of sp³-hybridized carbons (Fsp3) is 0.211. The molecule has 25 heavy (non-hydrogen) atoms. The van der Waals surface area contributed by atoms with E-state index < -0.39 is 0 Å². The first-order valence-corrected chi connectivity index (χ1v) is 8.89. The summed E-state index contributed by atoms with van der Waals surface area (Å²) in [6, 6.07) is 15.6. The predicted molar refractivity (Wildman–Crippen MR) is 102 cm³/mol. The van der Waals surface area contributed by atoms with Crippen molar-refractivity contribution in [2.75, 3.05) is 12.9 Å². The van der Waals surface area contributed by atoms with Gasteiger partial charge in [-0.1, -0.05) is 48.2 Å². The van der Waals surface area contributed by atoms with Crippen LogP contribution >= 0.6 is 11.8 Å². The smallest absolute Gasteiger partial charge is 0.239 e. The molecule has 0 spiro atoms. The number of methoxy groups -OCH3 is 1. The lowest BCUT2D eigenvalue weighted by Crippen LogP contribution is -2.29. The van der Waals surface area contributed by atoms with Crippen molar-refractivity contribution in [3.05, 3.63) is 65.2 Å². The zero-order valence-corrected chi connectivity index (χ0v) is 15.0. The van der Waals surface area contributed by atoms with Crippen molar-refractivity contribution in [2.45, 2.75) is 13.5 Å². The highest BCUT2D eigenvalue weighted by molar-refractivity contribution is 8.15. The molecule has 0 aromatic heterocycles. The molecule has 2 aromatic carbocycles. The summed E-state index contributed by atoms with van der Waals surface area (Å²) in [5.41, 5.74) is 3.11. The summed E-state index contributed by atoms with van der Waals surface area (Å²) in [6.07, 6.45) is 1.64. The number of aryl methyl sites for hydroxylation is 1. The number of ether oxygens (including phenoxy) is 1. The predicted octanol–water partition coefficient (Wildman–Crippen LogP) is 3.47. The van der Waals surface area contributed by atoms with Crippen LogP contribution in [0.25, 0.3) is 0 Å². The van der Waals surface area contributed by atoms with E-state index in [1.807, 2.05) is 55.5 Å². The number of carbonyl (C=O) groups excluding carboxylic acids is 1. The van der Waals surface area contributed by atoms with Crippen LogP contribution in [0.3, 0.4) is 0 Å². The summed E-state index contributed by atoms with van der Waals surface area (Å²) in [4.78, 5) is 13.9. The Morgan fingerprint density at radius 1 is 1.20 bits per heavy atom. The monoisotopic (exact) mass is 353 g/mol. The lowest BCUT2D eigenvalue weighted by atomic mass is 10.1. The number of para-hydroxylation sites is 1. The Bertz CT molecular complexity index is 833. The van der Waals surface area contributed by atoms with Gasteiger partial charge in [0.05, 0.1) is 25.6 Å². The van der Waals surface area contributed by atoms with E-state index in [2.05, 4.69) is 10.2 Å². The zero-order chi connectivity index (χ0) is 17.6. The molecule has 0 bridgehead atoms. The lowest BCUT2D eigenvalue weighted by molar-refractivity contribution is -0.124. The standard InChI is InChI=1S/C19H19N3O2S/c1-14-7-3-4-9-16(14)12-22-18(23)13-25-19(22)21-20-11-15-8-5-6-10-17(15)24-2/h3-11H,12-13H2,1-2H3/b20-11-,21-19+. The van der Waals surface area contributed by atoms with Gasteiger partial charge in [0.2, 0.25) is 5.91 Å². The molecule has 0 unspecified atom stereocenters. The molecule has 1 saturated heterocycles. The SMILES string of the molecule is COc1ccccc1/C=N\N=C1\SCC(=O)N1Cc1ccccc1C. The summed E-state index contributed by atoms with van der Waals surface area (Å²) in [6.45, 7) is 2.56. The first-order valence-electron chi connectivity index (χ1n) is 7.91. The normalized spacial score (nSPS) is 16.2. The summed E-state index contributed by atoms with van der Waals surface area (Å²) < 4.78 is 5.29. The van der Waals surface area contributed by atoms with E-state index in [0.717, 1.165) is 22.4 Å². The number of hydrogen-bond acceptors (Lipinski definition) is 5. The Morgan fingerprint density at radius 2 is 1.96 bits per heavy atom. The van der Waals surface area contributed by atoms with Crippen molar-refractivity contribution >= 4 is 29.1 Å². The molecule has 128 valence electrons. The third-order valence-corrected chi connectivity index (χ3v) is 4.88. The molecular weight excluding hydrogens is 334 g/mol. The van der Waals surface area contributed by atoms with Gasteiger partial charge in [-0.05, 0) is 30.2 Å². The van der Waals surface area contributed by atoms with E-state index in [4.69, 9.17) is 4.74 Å². The summed E-state index contributed by atoms with van der Waals surface area (Å²) in [5, 5.41) is 9.02. The van der Waals surface area contributed by atoms with E-state index >= 15 is 0 Å². The molecule has 1 amide bonds. The van der Waals surface area contributed by atoms with Gasteiger partial charge in [-0.25, -0.2) is 0 Å². The minimum atomic E-state index is 0.0551. The van der Waals surface area contributed by atoms with Gasteiger partial charge in [0.15, 0.2) is 5.17 Å². The van der Waals surface area contributed by atoms with E-state index in [9.17, 15) is 4.79 Å². The molecule has 5 nitrogen and oxygen atoms in total. The Kier molecular flexibility index (Phi) is 5.50. The minimum absolute atomic E-state index is 0.0551.